The molecule has 0 heterocycles. The Labute approximate surface area is 154 Å². The van der Waals surface area contributed by atoms with E-state index in [1.807, 2.05) is 73.7 Å². The molecule has 26 heavy (non-hydrogen) atoms. The lowest BCUT2D eigenvalue weighted by Gasteiger charge is -2.07. The van der Waals surface area contributed by atoms with Crippen LogP contribution < -0.4 is 9.47 Å². The predicted molar refractivity (Wildman–Crippen MR) is 103 cm³/mol. The van der Waals surface area contributed by atoms with Gasteiger partial charge >= 0.3 is 5.97 Å². The lowest BCUT2D eigenvalue weighted by molar-refractivity contribution is -0.134. The van der Waals surface area contributed by atoms with Gasteiger partial charge in [-0.3, -0.25) is 4.79 Å². The quantitative estimate of drug-likeness (QED) is 0.325. The molecule has 3 aromatic rings. The molecule has 3 aromatic carbocycles. The van der Waals surface area contributed by atoms with Gasteiger partial charge in [-0.05, 0) is 48.7 Å². The maximum Gasteiger partial charge on any atom is 0.311 e. The van der Waals surface area contributed by atoms with Gasteiger partial charge in [0.25, 0.3) is 0 Å². The average Bonchev–Trinajstić information content (AvgIpc) is 2.68. The second-order valence-electron chi connectivity index (χ2n) is 6.13. The van der Waals surface area contributed by atoms with Crippen LogP contribution in [0.25, 0.3) is 11.1 Å². The first-order valence-electron chi connectivity index (χ1n) is 8.76. The van der Waals surface area contributed by atoms with Gasteiger partial charge in [0.1, 0.15) is 11.5 Å². The summed E-state index contributed by atoms with van der Waals surface area (Å²) < 4.78 is 11.0. The molecule has 3 nitrogen and oxygen atoms in total. The molecule has 0 saturated carbocycles. The molecule has 0 fully saturated rings. The molecule has 0 N–H and O–H groups in total. The van der Waals surface area contributed by atoms with Crippen molar-refractivity contribution in [3.05, 3.63) is 84.4 Å². The molecule has 0 unspecified atom stereocenters. The number of aryl methyl sites for hydroxylation is 1. The number of hydrogen-bond donors (Lipinski definition) is 0. The summed E-state index contributed by atoms with van der Waals surface area (Å²) in [7, 11) is 0. The minimum atomic E-state index is -0.245. The summed E-state index contributed by atoms with van der Waals surface area (Å²) in [5, 5.41) is 0. The number of carbonyl (C=O) groups is 1. The van der Waals surface area contributed by atoms with Crippen molar-refractivity contribution >= 4 is 5.97 Å². The van der Waals surface area contributed by atoms with Crippen LogP contribution in [-0.4, -0.2) is 12.6 Å². The summed E-state index contributed by atoms with van der Waals surface area (Å²) in [4.78, 5) is 11.9. The molecule has 132 valence electrons. The van der Waals surface area contributed by atoms with E-state index in [1.165, 1.54) is 5.56 Å². The average molecular weight is 346 g/mol. The van der Waals surface area contributed by atoms with Crippen LogP contribution in [0.2, 0.25) is 0 Å². The van der Waals surface area contributed by atoms with Crippen LogP contribution in [0.5, 0.6) is 11.5 Å². The zero-order chi connectivity index (χ0) is 18.2. The predicted octanol–water partition coefficient (Wildman–Crippen LogP) is 5.43. The Bertz CT molecular complexity index is 822. The summed E-state index contributed by atoms with van der Waals surface area (Å²) in [5.74, 6) is 1.14. The number of ether oxygens (including phenoxy) is 2. The van der Waals surface area contributed by atoms with Crippen molar-refractivity contribution in [3.8, 4) is 22.6 Å². The fourth-order valence-electron chi connectivity index (χ4n) is 2.57. The highest BCUT2D eigenvalue weighted by Crippen LogP contribution is 2.22. The molecule has 3 rings (SSSR count). The van der Waals surface area contributed by atoms with Gasteiger partial charge in [-0.15, -0.1) is 0 Å². The minimum absolute atomic E-state index is 0.245. The monoisotopic (exact) mass is 346 g/mol. The van der Waals surface area contributed by atoms with Crippen molar-refractivity contribution in [2.75, 3.05) is 6.61 Å². The molecule has 0 spiro atoms. The summed E-state index contributed by atoms with van der Waals surface area (Å²) in [6.45, 7) is 2.53. The largest absolute Gasteiger partial charge is 0.494 e. The van der Waals surface area contributed by atoms with Gasteiger partial charge in [-0.25, -0.2) is 0 Å². The van der Waals surface area contributed by atoms with Gasteiger partial charge in [0.05, 0.1) is 6.61 Å². The SMILES string of the molecule is Cc1ccc(OCCCC(=O)Oc2ccc(-c3ccccc3)cc2)cc1. The molecule has 0 aliphatic carbocycles. The van der Waals surface area contributed by atoms with Crippen molar-refractivity contribution in [3.63, 3.8) is 0 Å². The van der Waals surface area contributed by atoms with Crippen LogP contribution >= 0.6 is 0 Å². The van der Waals surface area contributed by atoms with E-state index in [4.69, 9.17) is 9.47 Å². The standard InChI is InChI=1S/C23H22O3/c1-18-9-13-21(14-10-18)25-17-5-8-23(24)26-22-15-11-20(12-16-22)19-6-3-2-4-7-19/h2-4,6-7,9-16H,5,8,17H2,1H3. The first kappa shape index (κ1) is 17.7. The Hall–Kier alpha value is -3.07. The van der Waals surface area contributed by atoms with Crippen molar-refractivity contribution in [1.82, 2.24) is 0 Å². The van der Waals surface area contributed by atoms with Crippen LogP contribution in [0, 0.1) is 6.92 Å². The topological polar surface area (TPSA) is 35.5 Å². The van der Waals surface area contributed by atoms with Crippen LogP contribution in [-0.2, 0) is 4.79 Å². The highest BCUT2D eigenvalue weighted by molar-refractivity contribution is 5.73. The molecule has 0 aromatic heterocycles. The van der Waals surface area contributed by atoms with Gasteiger partial charge in [0, 0.05) is 6.42 Å². The Morgan fingerprint density at radius 2 is 1.38 bits per heavy atom. The lowest BCUT2D eigenvalue weighted by atomic mass is 10.1. The van der Waals surface area contributed by atoms with Crippen molar-refractivity contribution in [2.24, 2.45) is 0 Å². The van der Waals surface area contributed by atoms with E-state index < -0.39 is 0 Å². The number of benzene rings is 3. The maximum atomic E-state index is 11.9. The van der Waals surface area contributed by atoms with E-state index in [1.54, 1.807) is 0 Å². The summed E-state index contributed by atoms with van der Waals surface area (Å²) in [6, 6.07) is 25.5. The van der Waals surface area contributed by atoms with E-state index in [9.17, 15) is 4.79 Å². The second kappa shape index (κ2) is 8.86. The first-order valence-corrected chi connectivity index (χ1v) is 8.76. The lowest BCUT2D eigenvalue weighted by Crippen LogP contribution is -2.09. The van der Waals surface area contributed by atoms with Crippen molar-refractivity contribution < 1.29 is 14.3 Å². The number of hydrogen-bond acceptors (Lipinski definition) is 3. The summed E-state index contributed by atoms with van der Waals surface area (Å²) >= 11 is 0. The molecular formula is C23H22O3. The number of esters is 1. The fraction of sp³-hybridized carbons (Fsp3) is 0.174. The zero-order valence-corrected chi connectivity index (χ0v) is 14.9. The number of rotatable bonds is 7. The Morgan fingerprint density at radius 3 is 2.08 bits per heavy atom. The van der Waals surface area contributed by atoms with Crippen LogP contribution in [0.3, 0.4) is 0 Å². The van der Waals surface area contributed by atoms with Crippen LogP contribution in [0.15, 0.2) is 78.9 Å². The van der Waals surface area contributed by atoms with Crippen molar-refractivity contribution in [2.45, 2.75) is 19.8 Å². The zero-order valence-electron chi connectivity index (χ0n) is 14.9. The van der Waals surface area contributed by atoms with Crippen LogP contribution in [0.1, 0.15) is 18.4 Å². The fourth-order valence-corrected chi connectivity index (χ4v) is 2.57. The van der Waals surface area contributed by atoms with Gasteiger partial charge in [-0.2, -0.15) is 0 Å². The Kier molecular flexibility index (Phi) is 6.05. The summed E-state index contributed by atoms with van der Waals surface area (Å²) in [5.41, 5.74) is 3.43. The molecule has 0 bridgehead atoms. The molecule has 0 aliphatic rings. The van der Waals surface area contributed by atoms with Gasteiger partial charge in [0.2, 0.25) is 0 Å². The minimum Gasteiger partial charge on any atom is -0.494 e. The van der Waals surface area contributed by atoms with E-state index in [0.29, 0.717) is 25.2 Å². The third-order valence-corrected chi connectivity index (χ3v) is 4.01. The highest BCUT2D eigenvalue weighted by atomic mass is 16.5. The normalized spacial score (nSPS) is 10.3. The Balaban J connectivity index is 1.42. The summed E-state index contributed by atoms with van der Waals surface area (Å²) in [6.07, 6.45) is 0.946. The first-order chi connectivity index (χ1) is 12.7. The second-order valence-corrected chi connectivity index (χ2v) is 6.13. The van der Waals surface area contributed by atoms with E-state index in [2.05, 4.69) is 12.1 Å². The molecule has 3 heteroatoms. The Morgan fingerprint density at radius 1 is 0.769 bits per heavy atom. The van der Waals surface area contributed by atoms with Gasteiger partial charge in [-0.1, -0.05) is 60.2 Å². The molecular weight excluding hydrogens is 324 g/mol. The van der Waals surface area contributed by atoms with Crippen LogP contribution in [0.4, 0.5) is 0 Å². The van der Waals surface area contributed by atoms with E-state index >= 15 is 0 Å². The molecule has 0 atom stereocenters. The highest BCUT2D eigenvalue weighted by Gasteiger charge is 2.06. The molecule has 0 amide bonds. The third kappa shape index (κ3) is 5.21. The smallest absolute Gasteiger partial charge is 0.311 e. The molecule has 0 aliphatic heterocycles. The van der Waals surface area contributed by atoms with Crippen molar-refractivity contribution in [1.29, 1.82) is 0 Å². The van der Waals surface area contributed by atoms with E-state index in [-0.39, 0.29) is 5.97 Å². The van der Waals surface area contributed by atoms with E-state index in [0.717, 1.165) is 16.9 Å². The maximum absolute atomic E-state index is 11.9. The van der Waals surface area contributed by atoms with Gasteiger partial charge < -0.3 is 9.47 Å². The molecule has 0 saturated heterocycles. The molecule has 0 radical (unpaired) electrons. The third-order valence-electron chi connectivity index (χ3n) is 4.01. The van der Waals surface area contributed by atoms with Gasteiger partial charge in [0.15, 0.2) is 0 Å². The number of carbonyl (C=O) groups excluding carboxylic acids is 1.